The van der Waals surface area contributed by atoms with Crippen molar-refractivity contribution in [3.63, 3.8) is 0 Å². The molecule has 2 aromatic rings. The number of ether oxygens (including phenoxy) is 1. The van der Waals surface area contributed by atoms with Gasteiger partial charge >= 0.3 is 5.97 Å². The SMILES string of the molecule is COC(=O)c1ccc(CNc2cc(C)c(O)cc2C)o1. The number of furan rings is 1. The zero-order valence-electron chi connectivity index (χ0n) is 11.7. The van der Waals surface area contributed by atoms with Gasteiger partial charge < -0.3 is 19.6 Å². The summed E-state index contributed by atoms with van der Waals surface area (Å²) in [6, 6.07) is 6.88. The molecule has 1 aromatic carbocycles. The molecule has 1 aromatic heterocycles. The van der Waals surface area contributed by atoms with Crippen LogP contribution in [-0.2, 0) is 11.3 Å². The molecule has 0 fully saturated rings. The maximum atomic E-state index is 11.3. The van der Waals surface area contributed by atoms with E-state index in [0.29, 0.717) is 12.3 Å². The number of benzene rings is 1. The fourth-order valence-corrected chi connectivity index (χ4v) is 1.86. The average Bonchev–Trinajstić information content (AvgIpc) is 2.89. The van der Waals surface area contributed by atoms with E-state index in [-0.39, 0.29) is 11.5 Å². The summed E-state index contributed by atoms with van der Waals surface area (Å²) < 4.78 is 9.94. The normalized spacial score (nSPS) is 10.3. The number of nitrogens with one attached hydrogen (secondary N) is 1. The standard InChI is InChI=1S/C15H17NO4/c1-9-7-13(17)10(2)6-12(9)16-8-11-4-5-14(20-11)15(18)19-3/h4-7,16-17H,8H2,1-3H3. The van der Waals surface area contributed by atoms with E-state index in [9.17, 15) is 9.90 Å². The van der Waals surface area contributed by atoms with Crippen molar-refractivity contribution in [3.8, 4) is 5.75 Å². The van der Waals surface area contributed by atoms with E-state index >= 15 is 0 Å². The topological polar surface area (TPSA) is 71.7 Å². The summed E-state index contributed by atoms with van der Waals surface area (Å²) in [4.78, 5) is 11.3. The van der Waals surface area contributed by atoms with Gasteiger partial charge in [0.2, 0.25) is 5.76 Å². The van der Waals surface area contributed by atoms with Crippen molar-refractivity contribution in [1.29, 1.82) is 0 Å². The fourth-order valence-electron chi connectivity index (χ4n) is 1.86. The first-order chi connectivity index (χ1) is 9.51. The molecule has 0 bridgehead atoms. The van der Waals surface area contributed by atoms with Crippen molar-refractivity contribution >= 4 is 11.7 Å². The van der Waals surface area contributed by atoms with Gasteiger partial charge in [0.1, 0.15) is 11.5 Å². The molecule has 5 heteroatoms. The minimum Gasteiger partial charge on any atom is -0.508 e. The zero-order chi connectivity index (χ0) is 14.7. The number of aryl methyl sites for hydroxylation is 2. The third-order valence-electron chi connectivity index (χ3n) is 3.04. The predicted octanol–water partition coefficient (Wildman–Crippen LogP) is 3.00. The highest BCUT2D eigenvalue weighted by atomic mass is 16.5. The molecular weight excluding hydrogens is 258 g/mol. The van der Waals surface area contributed by atoms with Crippen LogP contribution in [0.2, 0.25) is 0 Å². The van der Waals surface area contributed by atoms with Gasteiger partial charge in [-0.15, -0.1) is 0 Å². The van der Waals surface area contributed by atoms with Crippen molar-refractivity contribution in [2.75, 3.05) is 12.4 Å². The van der Waals surface area contributed by atoms with Crippen molar-refractivity contribution in [3.05, 3.63) is 46.9 Å². The molecule has 106 valence electrons. The number of carbonyl (C=O) groups is 1. The van der Waals surface area contributed by atoms with Crippen LogP contribution in [-0.4, -0.2) is 18.2 Å². The molecule has 2 rings (SSSR count). The second kappa shape index (κ2) is 5.69. The molecule has 1 heterocycles. The molecule has 0 spiro atoms. The van der Waals surface area contributed by atoms with E-state index in [1.54, 1.807) is 18.2 Å². The third-order valence-corrected chi connectivity index (χ3v) is 3.04. The first-order valence-electron chi connectivity index (χ1n) is 6.22. The summed E-state index contributed by atoms with van der Waals surface area (Å²) in [5.41, 5.74) is 2.65. The second-order valence-electron chi connectivity index (χ2n) is 4.56. The van der Waals surface area contributed by atoms with E-state index in [1.807, 2.05) is 19.9 Å². The fraction of sp³-hybridized carbons (Fsp3) is 0.267. The van der Waals surface area contributed by atoms with Crippen LogP contribution in [0.1, 0.15) is 27.4 Å². The van der Waals surface area contributed by atoms with Gasteiger partial charge in [0, 0.05) is 5.69 Å². The van der Waals surface area contributed by atoms with Crippen LogP contribution in [0.25, 0.3) is 0 Å². The Labute approximate surface area is 117 Å². The number of hydrogen-bond donors (Lipinski definition) is 2. The molecule has 2 N–H and O–H groups in total. The van der Waals surface area contributed by atoms with Gasteiger partial charge in [-0.2, -0.15) is 0 Å². The number of hydrogen-bond acceptors (Lipinski definition) is 5. The van der Waals surface area contributed by atoms with E-state index in [0.717, 1.165) is 16.8 Å². The lowest BCUT2D eigenvalue weighted by Gasteiger charge is -2.10. The van der Waals surface area contributed by atoms with Gasteiger partial charge in [0.25, 0.3) is 0 Å². The van der Waals surface area contributed by atoms with Gasteiger partial charge in [-0.3, -0.25) is 0 Å². The predicted molar refractivity (Wildman–Crippen MR) is 75.0 cm³/mol. The van der Waals surface area contributed by atoms with Crippen LogP contribution in [0.5, 0.6) is 5.75 Å². The monoisotopic (exact) mass is 275 g/mol. The Morgan fingerprint density at radius 2 is 2.05 bits per heavy atom. The molecule has 0 saturated heterocycles. The highest BCUT2D eigenvalue weighted by Crippen LogP contribution is 2.25. The van der Waals surface area contributed by atoms with Crippen LogP contribution >= 0.6 is 0 Å². The van der Waals surface area contributed by atoms with E-state index < -0.39 is 5.97 Å². The molecule has 20 heavy (non-hydrogen) atoms. The lowest BCUT2D eigenvalue weighted by Crippen LogP contribution is -2.01. The molecule has 0 radical (unpaired) electrons. The van der Waals surface area contributed by atoms with E-state index in [2.05, 4.69) is 10.1 Å². The Morgan fingerprint density at radius 1 is 1.30 bits per heavy atom. The highest BCUT2D eigenvalue weighted by molar-refractivity contribution is 5.86. The lowest BCUT2D eigenvalue weighted by atomic mass is 10.1. The average molecular weight is 275 g/mol. The third kappa shape index (κ3) is 2.93. The second-order valence-corrected chi connectivity index (χ2v) is 4.56. The summed E-state index contributed by atoms with van der Waals surface area (Å²) in [6.45, 7) is 4.19. The molecular formula is C15H17NO4. The number of methoxy groups -OCH3 is 1. The maximum Gasteiger partial charge on any atom is 0.373 e. The van der Waals surface area contributed by atoms with Crippen molar-refractivity contribution < 1.29 is 19.1 Å². The molecule has 0 aliphatic heterocycles. The Bertz CT molecular complexity index is 631. The molecule has 0 aliphatic carbocycles. The van der Waals surface area contributed by atoms with E-state index in [4.69, 9.17) is 4.42 Å². The quantitative estimate of drug-likeness (QED) is 0.663. The van der Waals surface area contributed by atoms with Crippen LogP contribution in [0.4, 0.5) is 5.69 Å². The number of esters is 1. The van der Waals surface area contributed by atoms with E-state index in [1.165, 1.54) is 7.11 Å². The summed E-state index contributed by atoms with van der Waals surface area (Å²) in [6.07, 6.45) is 0. The minimum absolute atomic E-state index is 0.183. The Kier molecular flexibility index (Phi) is 3.98. The van der Waals surface area contributed by atoms with Crippen LogP contribution in [0.15, 0.2) is 28.7 Å². The molecule has 0 amide bonds. The molecule has 5 nitrogen and oxygen atoms in total. The number of carbonyl (C=O) groups excluding carboxylic acids is 1. The molecule has 0 saturated carbocycles. The Balaban J connectivity index is 2.07. The van der Waals surface area contributed by atoms with Gasteiger partial charge in [-0.25, -0.2) is 4.79 Å². The highest BCUT2D eigenvalue weighted by Gasteiger charge is 2.11. The summed E-state index contributed by atoms with van der Waals surface area (Å²) in [5.74, 6) is 0.602. The largest absolute Gasteiger partial charge is 0.508 e. The summed E-state index contributed by atoms with van der Waals surface area (Å²) in [7, 11) is 1.31. The van der Waals surface area contributed by atoms with Crippen molar-refractivity contribution in [2.45, 2.75) is 20.4 Å². The summed E-state index contributed by atoms with van der Waals surface area (Å²) in [5, 5.41) is 12.8. The number of anilines is 1. The first kappa shape index (κ1) is 14.0. The number of phenolic OH excluding ortho intramolecular Hbond substituents is 1. The van der Waals surface area contributed by atoms with Gasteiger partial charge in [0.15, 0.2) is 0 Å². The lowest BCUT2D eigenvalue weighted by molar-refractivity contribution is 0.0563. The number of phenols is 1. The number of rotatable bonds is 4. The zero-order valence-corrected chi connectivity index (χ0v) is 11.7. The Morgan fingerprint density at radius 3 is 2.75 bits per heavy atom. The maximum absolute atomic E-state index is 11.3. The van der Waals surface area contributed by atoms with Gasteiger partial charge in [0.05, 0.1) is 13.7 Å². The van der Waals surface area contributed by atoms with Crippen molar-refractivity contribution in [1.82, 2.24) is 0 Å². The molecule has 0 unspecified atom stereocenters. The van der Waals surface area contributed by atoms with Crippen LogP contribution < -0.4 is 5.32 Å². The van der Waals surface area contributed by atoms with Gasteiger partial charge in [-0.05, 0) is 49.2 Å². The van der Waals surface area contributed by atoms with Crippen molar-refractivity contribution in [2.24, 2.45) is 0 Å². The number of aromatic hydroxyl groups is 1. The Hall–Kier alpha value is -2.43. The summed E-state index contributed by atoms with van der Waals surface area (Å²) >= 11 is 0. The van der Waals surface area contributed by atoms with Crippen LogP contribution in [0.3, 0.4) is 0 Å². The first-order valence-corrected chi connectivity index (χ1v) is 6.22. The molecule has 0 atom stereocenters. The molecule has 0 aliphatic rings. The minimum atomic E-state index is -0.493. The smallest absolute Gasteiger partial charge is 0.373 e. The van der Waals surface area contributed by atoms with Crippen LogP contribution in [0, 0.1) is 13.8 Å². The van der Waals surface area contributed by atoms with Gasteiger partial charge in [-0.1, -0.05) is 0 Å².